The van der Waals surface area contributed by atoms with E-state index in [-0.39, 0.29) is 26.1 Å². The van der Waals surface area contributed by atoms with E-state index in [0.717, 1.165) is 64.2 Å². The van der Waals surface area contributed by atoms with Crippen LogP contribution in [-0.2, 0) is 32.7 Å². The highest BCUT2D eigenvalue weighted by Crippen LogP contribution is 2.38. The van der Waals surface area contributed by atoms with Crippen molar-refractivity contribution in [2.24, 2.45) is 0 Å². The zero-order valence-electron chi connectivity index (χ0n) is 36.4. The van der Waals surface area contributed by atoms with E-state index in [1.807, 2.05) is 33.3 Å². The Balaban J connectivity index is 4.61. The lowest BCUT2D eigenvalue weighted by molar-refractivity contribution is -0.870. The van der Waals surface area contributed by atoms with Gasteiger partial charge in [0.05, 0.1) is 27.7 Å². The highest BCUT2D eigenvalue weighted by Gasteiger charge is 2.21. The van der Waals surface area contributed by atoms with Gasteiger partial charge >= 0.3 is 11.9 Å². The van der Waals surface area contributed by atoms with Gasteiger partial charge in [0.25, 0.3) is 7.82 Å². The van der Waals surface area contributed by atoms with Crippen molar-refractivity contribution in [2.75, 3.05) is 47.5 Å². The zero-order valence-corrected chi connectivity index (χ0v) is 37.3. The Morgan fingerprint density at radius 1 is 0.534 bits per heavy atom. The van der Waals surface area contributed by atoms with E-state index in [9.17, 15) is 19.0 Å². The van der Waals surface area contributed by atoms with Crippen LogP contribution in [0.5, 0.6) is 0 Å². The van der Waals surface area contributed by atoms with Gasteiger partial charge in [0.2, 0.25) is 0 Å². The number of phosphoric ester groups is 1. The van der Waals surface area contributed by atoms with E-state index in [1.165, 1.54) is 0 Å². The summed E-state index contributed by atoms with van der Waals surface area (Å²) in [6.07, 6.45) is 53.9. The lowest BCUT2D eigenvalue weighted by Crippen LogP contribution is -2.37. The smallest absolute Gasteiger partial charge is 0.306 e. The lowest BCUT2D eigenvalue weighted by Gasteiger charge is -2.28. The first-order chi connectivity index (χ1) is 28.0. The molecule has 0 radical (unpaired) electrons. The maximum absolute atomic E-state index is 12.6. The van der Waals surface area contributed by atoms with Gasteiger partial charge in [-0.2, -0.15) is 0 Å². The maximum atomic E-state index is 12.6. The monoisotopic (exact) mass is 826 g/mol. The molecule has 0 aliphatic heterocycles. The summed E-state index contributed by atoms with van der Waals surface area (Å²) in [6, 6.07) is 0. The Morgan fingerprint density at radius 2 is 0.897 bits per heavy atom. The fourth-order valence-corrected chi connectivity index (χ4v) is 5.45. The molecule has 0 N–H and O–H groups in total. The van der Waals surface area contributed by atoms with Gasteiger partial charge in [-0.3, -0.25) is 14.2 Å². The summed E-state index contributed by atoms with van der Waals surface area (Å²) in [7, 11) is 1.07. The molecule has 2 atom stereocenters. The second-order valence-electron chi connectivity index (χ2n) is 14.6. The van der Waals surface area contributed by atoms with Gasteiger partial charge in [0, 0.05) is 12.8 Å². The van der Waals surface area contributed by atoms with E-state index >= 15 is 0 Å². The molecule has 9 nitrogen and oxygen atoms in total. The number of likely N-dealkylation sites (N-methyl/N-ethyl adjacent to an activating group) is 1. The topological polar surface area (TPSA) is 111 Å². The SMILES string of the molecule is CC/C=C\C/C=C\C/C=C\C/C=C\C/C=C\CCCC(=O)OC[C@H](COP(=O)([O-])OCC[N+](C)(C)C)OC(=O)CCC/C=C\C/C=C\C/C=C\C/C=C\C/C=C\CC. The molecule has 0 aromatic heterocycles. The number of allylic oxidation sites excluding steroid dienone is 20. The third-order valence-corrected chi connectivity index (χ3v) is 8.94. The van der Waals surface area contributed by atoms with Crippen LogP contribution in [0.1, 0.15) is 117 Å². The minimum absolute atomic E-state index is 0.0581. The van der Waals surface area contributed by atoms with E-state index in [4.69, 9.17) is 18.5 Å². The summed E-state index contributed by atoms with van der Waals surface area (Å²) >= 11 is 0. The molecule has 0 saturated heterocycles. The molecule has 0 bridgehead atoms. The minimum atomic E-state index is -4.66. The van der Waals surface area contributed by atoms with Crippen LogP contribution in [0.15, 0.2) is 122 Å². The normalized spacial score (nSPS) is 14.8. The Kier molecular flexibility index (Phi) is 36.5. The Morgan fingerprint density at radius 3 is 1.28 bits per heavy atom. The maximum Gasteiger partial charge on any atom is 0.306 e. The van der Waals surface area contributed by atoms with Crippen molar-refractivity contribution in [3.63, 3.8) is 0 Å². The molecule has 0 spiro atoms. The molecular weight excluding hydrogens is 750 g/mol. The molecule has 0 amide bonds. The molecule has 10 heteroatoms. The van der Waals surface area contributed by atoms with Gasteiger partial charge in [0.1, 0.15) is 19.8 Å². The number of esters is 2. The van der Waals surface area contributed by atoms with E-state index in [0.29, 0.717) is 36.7 Å². The molecule has 1 unspecified atom stereocenters. The van der Waals surface area contributed by atoms with Gasteiger partial charge in [-0.1, -0.05) is 135 Å². The fraction of sp³-hybridized carbons (Fsp3) is 0.542. The van der Waals surface area contributed by atoms with E-state index < -0.39 is 32.5 Å². The number of unbranched alkanes of at least 4 members (excludes halogenated alkanes) is 2. The predicted octanol–water partition coefficient (Wildman–Crippen LogP) is 11.5. The second-order valence-corrected chi connectivity index (χ2v) is 16.0. The van der Waals surface area contributed by atoms with Crippen LogP contribution in [0, 0.1) is 0 Å². The number of rotatable bonds is 36. The molecule has 0 aromatic carbocycles. The van der Waals surface area contributed by atoms with Crippen LogP contribution in [-0.4, -0.2) is 70.0 Å². The van der Waals surface area contributed by atoms with Crippen LogP contribution in [0.25, 0.3) is 0 Å². The van der Waals surface area contributed by atoms with Crippen molar-refractivity contribution in [3.05, 3.63) is 122 Å². The first-order valence-corrected chi connectivity index (χ1v) is 22.7. The Hall–Kier alpha value is -3.59. The minimum Gasteiger partial charge on any atom is -0.756 e. The summed E-state index contributed by atoms with van der Waals surface area (Å²) in [4.78, 5) is 37.5. The van der Waals surface area contributed by atoms with Crippen molar-refractivity contribution >= 4 is 19.8 Å². The first-order valence-electron chi connectivity index (χ1n) is 21.2. The van der Waals surface area contributed by atoms with Gasteiger partial charge in [-0.25, -0.2) is 0 Å². The molecule has 0 aromatic rings. The summed E-state index contributed by atoms with van der Waals surface area (Å²) in [6.45, 7) is 3.82. The summed E-state index contributed by atoms with van der Waals surface area (Å²) < 4.78 is 33.7. The molecule has 0 fully saturated rings. The number of carbonyl (C=O) groups excluding carboxylic acids is 2. The molecule has 0 heterocycles. The van der Waals surface area contributed by atoms with Crippen molar-refractivity contribution in [3.8, 4) is 0 Å². The number of hydrogen-bond acceptors (Lipinski definition) is 8. The molecule has 0 saturated carbocycles. The van der Waals surface area contributed by atoms with Crippen molar-refractivity contribution in [1.29, 1.82) is 0 Å². The van der Waals surface area contributed by atoms with Crippen LogP contribution in [0.3, 0.4) is 0 Å². The Labute approximate surface area is 352 Å². The number of nitrogens with zero attached hydrogens (tertiary/aromatic N) is 1. The van der Waals surface area contributed by atoms with Crippen LogP contribution in [0.2, 0.25) is 0 Å². The highest BCUT2D eigenvalue weighted by molar-refractivity contribution is 7.45. The average molecular weight is 826 g/mol. The molecule has 0 aliphatic carbocycles. The lowest BCUT2D eigenvalue weighted by atomic mass is 10.2. The summed E-state index contributed by atoms with van der Waals surface area (Å²) in [5.74, 6) is -0.988. The molecule has 0 rings (SSSR count). The largest absolute Gasteiger partial charge is 0.756 e. The van der Waals surface area contributed by atoms with Crippen molar-refractivity contribution < 1.29 is 42.1 Å². The molecule has 58 heavy (non-hydrogen) atoms. The third-order valence-electron chi connectivity index (χ3n) is 7.98. The Bertz CT molecular complexity index is 1390. The van der Waals surface area contributed by atoms with Gasteiger partial charge in [-0.05, 0) is 89.9 Å². The summed E-state index contributed by atoms with van der Waals surface area (Å²) in [5, 5.41) is 0. The average Bonchev–Trinajstić information content (AvgIpc) is 3.17. The molecular formula is C48H76NO8P. The van der Waals surface area contributed by atoms with Crippen molar-refractivity contribution in [1.82, 2.24) is 0 Å². The molecule has 326 valence electrons. The summed E-state index contributed by atoms with van der Waals surface area (Å²) in [5.41, 5.74) is 0. The van der Waals surface area contributed by atoms with Crippen LogP contribution < -0.4 is 4.89 Å². The molecule has 0 aliphatic rings. The van der Waals surface area contributed by atoms with Gasteiger partial charge < -0.3 is 27.9 Å². The van der Waals surface area contributed by atoms with Crippen LogP contribution >= 0.6 is 7.82 Å². The second kappa shape index (κ2) is 38.9. The number of hydrogen-bond donors (Lipinski definition) is 0. The highest BCUT2D eigenvalue weighted by atomic mass is 31.2. The first kappa shape index (κ1) is 54.4. The number of phosphoric acid groups is 1. The van der Waals surface area contributed by atoms with Gasteiger partial charge in [-0.15, -0.1) is 0 Å². The predicted molar refractivity (Wildman–Crippen MR) is 240 cm³/mol. The quantitative estimate of drug-likeness (QED) is 0.0202. The zero-order chi connectivity index (χ0) is 42.8. The number of quaternary nitrogens is 1. The van der Waals surface area contributed by atoms with Gasteiger partial charge in [0.15, 0.2) is 6.10 Å². The number of carbonyl (C=O) groups is 2. The standard InChI is InChI=1S/C48H76NO8P/c1-6-8-10-12-14-16-18-20-22-24-26-28-30-32-34-36-38-40-47(50)54-44-46(45-56-58(52,53)55-43-42-49(3,4)5)57-48(51)41-39-37-35-33-31-29-27-25-23-21-19-17-15-13-11-9-7-2/h8-11,14-17,20-23,26-29,32-35,46H,6-7,12-13,18-19,24-25,30-31,36-45H2,1-5H3/b10-8-,11-9-,16-14-,17-15-,22-20-,23-21-,28-26-,29-27-,34-32-,35-33-/t46-/m1/s1. The number of ether oxygens (including phenoxy) is 2. The van der Waals surface area contributed by atoms with Crippen molar-refractivity contribution in [2.45, 2.75) is 123 Å². The fourth-order valence-electron chi connectivity index (χ4n) is 4.72. The van der Waals surface area contributed by atoms with E-state index in [2.05, 4.69) is 123 Å². The van der Waals surface area contributed by atoms with Crippen LogP contribution in [0.4, 0.5) is 0 Å². The third kappa shape index (κ3) is 42.0. The van der Waals surface area contributed by atoms with E-state index in [1.54, 1.807) is 0 Å².